The lowest BCUT2D eigenvalue weighted by molar-refractivity contribution is 0.264. The highest BCUT2D eigenvalue weighted by Gasteiger charge is 2.29. The van der Waals surface area contributed by atoms with Gasteiger partial charge in [0.2, 0.25) is 0 Å². The van der Waals surface area contributed by atoms with Gasteiger partial charge in [-0.15, -0.1) is 0 Å². The van der Waals surface area contributed by atoms with Gasteiger partial charge in [0.1, 0.15) is 12.1 Å². The van der Waals surface area contributed by atoms with Gasteiger partial charge in [0.15, 0.2) is 11.5 Å². The molecule has 0 spiro atoms. The number of hydrogen-bond acceptors (Lipinski definition) is 4. The molecule has 0 N–H and O–H groups in total. The SMILES string of the molecule is CCCCCCOc1c(OCCCCCC)c2cc(C(C)(C)C)cc3c(C#N)c(C#N)c4cc(C(C)(C)C)cc1c4c32. The summed E-state index contributed by atoms with van der Waals surface area (Å²) in [6, 6.07) is 13.6. The quantitative estimate of drug-likeness (QED) is 0.127. The fourth-order valence-electron chi connectivity index (χ4n) is 5.88. The van der Waals surface area contributed by atoms with E-state index in [9.17, 15) is 10.5 Å². The van der Waals surface area contributed by atoms with E-state index in [1.807, 2.05) is 0 Å². The van der Waals surface area contributed by atoms with E-state index in [0.717, 1.165) is 80.6 Å². The molecule has 0 aliphatic rings. The summed E-state index contributed by atoms with van der Waals surface area (Å²) in [6.45, 7) is 18.8. The number of unbranched alkanes of at least 4 members (excludes halogenated alkanes) is 6. The van der Waals surface area contributed by atoms with E-state index in [0.29, 0.717) is 24.3 Å². The topological polar surface area (TPSA) is 66.0 Å². The highest BCUT2D eigenvalue weighted by molar-refractivity contribution is 6.29. The lowest BCUT2D eigenvalue weighted by Crippen LogP contribution is -2.13. The standard InChI is InChI=1S/C38H48N2O2/c1-9-11-13-15-17-41-35-29-21-25(37(3,4)5)19-27-31(23-39)32(24-40)28-20-26(38(6,7)8)22-30(34(28)33(27)29)36(35)42-18-16-14-12-10-2/h19-22H,9-18H2,1-8H3. The Morgan fingerprint density at radius 3 is 1.21 bits per heavy atom. The van der Waals surface area contributed by atoms with E-state index in [-0.39, 0.29) is 10.8 Å². The fourth-order valence-corrected chi connectivity index (χ4v) is 5.88. The molecule has 0 radical (unpaired) electrons. The molecular formula is C38H48N2O2. The molecule has 0 unspecified atom stereocenters. The molecule has 4 nitrogen and oxygen atoms in total. The minimum absolute atomic E-state index is 0.164. The molecule has 4 rings (SSSR count). The molecule has 4 heteroatoms. The lowest BCUT2D eigenvalue weighted by atomic mass is 9.78. The summed E-state index contributed by atoms with van der Waals surface area (Å²) in [5.41, 5.74) is 2.76. The van der Waals surface area contributed by atoms with E-state index in [4.69, 9.17) is 9.47 Å². The molecule has 4 aromatic rings. The van der Waals surface area contributed by atoms with Gasteiger partial charge in [-0.2, -0.15) is 10.5 Å². The first-order valence-corrected chi connectivity index (χ1v) is 15.9. The Kier molecular flexibility index (Phi) is 9.57. The summed E-state index contributed by atoms with van der Waals surface area (Å²) in [5.74, 6) is 1.54. The van der Waals surface area contributed by atoms with Crippen molar-refractivity contribution in [3.05, 3.63) is 46.5 Å². The van der Waals surface area contributed by atoms with Crippen LogP contribution in [0, 0.1) is 22.7 Å². The summed E-state index contributed by atoms with van der Waals surface area (Å²) in [7, 11) is 0. The molecule has 0 saturated carbocycles. The van der Waals surface area contributed by atoms with Crippen molar-refractivity contribution in [2.45, 2.75) is 118 Å². The molecular weight excluding hydrogens is 516 g/mol. The molecule has 0 fully saturated rings. The lowest BCUT2D eigenvalue weighted by Gasteiger charge is -2.27. The Morgan fingerprint density at radius 2 is 0.905 bits per heavy atom. The third kappa shape index (κ3) is 6.15. The van der Waals surface area contributed by atoms with Gasteiger partial charge in [-0.1, -0.05) is 93.9 Å². The Bertz CT molecular complexity index is 1510. The van der Waals surface area contributed by atoms with Crippen molar-refractivity contribution in [3.63, 3.8) is 0 Å². The Balaban J connectivity index is 2.16. The van der Waals surface area contributed by atoms with Gasteiger partial charge in [-0.25, -0.2) is 0 Å². The van der Waals surface area contributed by atoms with Crippen LogP contribution >= 0.6 is 0 Å². The molecule has 0 aliphatic heterocycles. The first-order valence-electron chi connectivity index (χ1n) is 15.9. The monoisotopic (exact) mass is 564 g/mol. The van der Waals surface area contributed by atoms with E-state index < -0.39 is 0 Å². The summed E-state index contributed by atoms with van der Waals surface area (Å²) in [5, 5.41) is 26.5. The first-order chi connectivity index (χ1) is 20.0. The Hall–Kier alpha value is -3.50. The number of hydrogen-bond donors (Lipinski definition) is 0. The second-order valence-corrected chi connectivity index (χ2v) is 13.8. The van der Waals surface area contributed by atoms with Crippen molar-refractivity contribution >= 4 is 32.3 Å². The van der Waals surface area contributed by atoms with Gasteiger partial charge in [0, 0.05) is 32.3 Å². The third-order valence-corrected chi connectivity index (χ3v) is 8.46. The van der Waals surface area contributed by atoms with E-state index in [1.165, 1.54) is 25.7 Å². The zero-order chi connectivity index (χ0) is 30.7. The van der Waals surface area contributed by atoms with E-state index in [1.54, 1.807) is 0 Å². The molecule has 0 aliphatic carbocycles. The summed E-state index contributed by atoms with van der Waals surface area (Å²) in [4.78, 5) is 0. The van der Waals surface area contributed by atoms with Gasteiger partial charge in [0.05, 0.1) is 24.3 Å². The molecule has 42 heavy (non-hydrogen) atoms. The van der Waals surface area contributed by atoms with Crippen LogP contribution in [0.4, 0.5) is 0 Å². The average Bonchev–Trinajstić information content (AvgIpc) is 2.94. The number of rotatable bonds is 12. The molecule has 0 bridgehead atoms. The number of ether oxygens (including phenoxy) is 2. The maximum atomic E-state index is 10.5. The molecule has 0 atom stereocenters. The third-order valence-electron chi connectivity index (χ3n) is 8.46. The van der Waals surface area contributed by atoms with E-state index in [2.05, 4.69) is 91.8 Å². The second kappa shape index (κ2) is 12.8. The number of benzene rings is 4. The fraction of sp³-hybridized carbons (Fsp3) is 0.526. The van der Waals surface area contributed by atoms with Crippen LogP contribution in [0.25, 0.3) is 32.3 Å². The summed E-state index contributed by atoms with van der Waals surface area (Å²) in [6.07, 6.45) is 8.92. The first kappa shape index (κ1) is 31.4. The van der Waals surface area contributed by atoms with Crippen LogP contribution < -0.4 is 9.47 Å². The van der Waals surface area contributed by atoms with Crippen LogP contribution in [-0.4, -0.2) is 13.2 Å². The van der Waals surface area contributed by atoms with Crippen molar-refractivity contribution in [2.24, 2.45) is 0 Å². The average molecular weight is 565 g/mol. The van der Waals surface area contributed by atoms with Gasteiger partial charge < -0.3 is 9.47 Å². The molecule has 0 saturated heterocycles. The maximum Gasteiger partial charge on any atom is 0.169 e. The van der Waals surface area contributed by atoms with E-state index >= 15 is 0 Å². The van der Waals surface area contributed by atoms with Crippen LogP contribution in [0.15, 0.2) is 24.3 Å². The zero-order valence-electron chi connectivity index (χ0n) is 27.1. The predicted molar refractivity (Wildman–Crippen MR) is 176 cm³/mol. The minimum atomic E-state index is -0.164. The van der Waals surface area contributed by atoms with Crippen LogP contribution in [0.5, 0.6) is 11.5 Å². The van der Waals surface area contributed by atoms with Crippen molar-refractivity contribution in [1.29, 1.82) is 10.5 Å². The number of nitrogens with zero attached hydrogens (tertiary/aromatic N) is 2. The predicted octanol–water partition coefficient (Wildman–Crippen LogP) is 10.8. The van der Waals surface area contributed by atoms with Crippen LogP contribution in [-0.2, 0) is 10.8 Å². The highest BCUT2D eigenvalue weighted by Crippen LogP contribution is 2.51. The Labute approximate surface area is 252 Å². The zero-order valence-corrected chi connectivity index (χ0v) is 27.1. The smallest absolute Gasteiger partial charge is 0.169 e. The summed E-state index contributed by atoms with van der Waals surface area (Å²) >= 11 is 0. The van der Waals surface area contributed by atoms with Crippen LogP contribution in [0.2, 0.25) is 0 Å². The van der Waals surface area contributed by atoms with Crippen LogP contribution in [0.1, 0.15) is 129 Å². The van der Waals surface area contributed by atoms with Crippen molar-refractivity contribution < 1.29 is 9.47 Å². The van der Waals surface area contributed by atoms with Crippen LogP contribution in [0.3, 0.4) is 0 Å². The Morgan fingerprint density at radius 1 is 0.548 bits per heavy atom. The molecule has 0 aromatic heterocycles. The second-order valence-electron chi connectivity index (χ2n) is 13.8. The molecule has 222 valence electrons. The largest absolute Gasteiger partial charge is 0.489 e. The van der Waals surface area contributed by atoms with Gasteiger partial charge >= 0.3 is 0 Å². The maximum absolute atomic E-state index is 10.5. The highest BCUT2D eigenvalue weighted by atomic mass is 16.5. The van der Waals surface area contributed by atoms with Gasteiger partial charge in [-0.05, 0) is 59.1 Å². The summed E-state index contributed by atoms with van der Waals surface area (Å²) < 4.78 is 13.5. The molecule has 4 aromatic carbocycles. The minimum Gasteiger partial charge on any atom is -0.489 e. The van der Waals surface area contributed by atoms with Crippen molar-refractivity contribution in [3.8, 4) is 23.6 Å². The van der Waals surface area contributed by atoms with Gasteiger partial charge in [0.25, 0.3) is 0 Å². The normalized spacial score (nSPS) is 12.2. The molecule has 0 amide bonds. The van der Waals surface area contributed by atoms with Gasteiger partial charge in [-0.3, -0.25) is 0 Å². The number of nitriles is 2. The molecule has 0 heterocycles. The van der Waals surface area contributed by atoms with Crippen molar-refractivity contribution in [1.82, 2.24) is 0 Å². The van der Waals surface area contributed by atoms with Crippen molar-refractivity contribution in [2.75, 3.05) is 13.2 Å².